The molecular weight excluding hydrogens is 411 g/mol. The lowest BCUT2D eigenvalue weighted by Crippen LogP contribution is -2.48. The van der Waals surface area contributed by atoms with Gasteiger partial charge in [0.15, 0.2) is 0 Å². The minimum atomic E-state index is -0.625. The average Bonchev–Trinajstić information content (AvgIpc) is 2.72. The van der Waals surface area contributed by atoms with Gasteiger partial charge in [0.1, 0.15) is 11.9 Å². The van der Waals surface area contributed by atoms with E-state index in [9.17, 15) is 14.0 Å². The molecule has 0 aromatic heterocycles. The first-order valence-corrected chi connectivity index (χ1v) is 11.1. The normalized spacial score (nSPS) is 11.7. The molecule has 2 rings (SSSR count). The summed E-state index contributed by atoms with van der Waals surface area (Å²) in [5, 5.41) is 3.50. The predicted octanol–water partition coefficient (Wildman–Crippen LogP) is 4.66. The molecule has 0 aliphatic rings. The molecule has 1 atom stereocenters. The van der Waals surface area contributed by atoms with Crippen LogP contribution in [0.15, 0.2) is 48.5 Å². The molecule has 4 nitrogen and oxygen atoms in total. The van der Waals surface area contributed by atoms with Crippen LogP contribution in [0.25, 0.3) is 0 Å². The van der Waals surface area contributed by atoms with Crippen molar-refractivity contribution in [3.8, 4) is 0 Å². The first-order chi connectivity index (χ1) is 13.9. The van der Waals surface area contributed by atoms with Gasteiger partial charge in [-0.25, -0.2) is 4.39 Å². The Morgan fingerprint density at radius 2 is 1.86 bits per heavy atom. The van der Waals surface area contributed by atoms with E-state index in [-0.39, 0.29) is 29.9 Å². The highest BCUT2D eigenvalue weighted by Crippen LogP contribution is 2.21. The van der Waals surface area contributed by atoms with Crippen LogP contribution in [-0.2, 0) is 21.9 Å². The maximum absolute atomic E-state index is 13.2. The van der Waals surface area contributed by atoms with Gasteiger partial charge >= 0.3 is 0 Å². The lowest BCUT2D eigenvalue weighted by molar-refractivity contribution is -0.138. The van der Waals surface area contributed by atoms with Gasteiger partial charge in [-0.1, -0.05) is 48.9 Å². The highest BCUT2D eigenvalue weighted by molar-refractivity contribution is 7.99. The second kappa shape index (κ2) is 11.8. The quantitative estimate of drug-likeness (QED) is 0.589. The Bertz CT molecular complexity index is 817. The van der Waals surface area contributed by atoms with Crippen molar-refractivity contribution in [2.45, 2.75) is 38.6 Å². The maximum atomic E-state index is 13.2. The monoisotopic (exact) mass is 436 g/mol. The zero-order valence-corrected chi connectivity index (χ0v) is 18.2. The zero-order valence-electron chi connectivity index (χ0n) is 16.7. The predicted molar refractivity (Wildman–Crippen MR) is 117 cm³/mol. The fourth-order valence-electron chi connectivity index (χ4n) is 2.71. The molecule has 0 aliphatic heterocycles. The maximum Gasteiger partial charge on any atom is 0.242 e. The summed E-state index contributed by atoms with van der Waals surface area (Å²) in [5.74, 6) is 0.143. The van der Waals surface area contributed by atoms with Crippen molar-refractivity contribution in [2.24, 2.45) is 0 Å². The topological polar surface area (TPSA) is 49.4 Å². The lowest BCUT2D eigenvalue weighted by Gasteiger charge is -2.28. The molecule has 0 saturated heterocycles. The molecule has 2 amide bonds. The number of nitrogens with zero attached hydrogens (tertiary/aromatic N) is 1. The number of benzene rings is 2. The van der Waals surface area contributed by atoms with Crippen molar-refractivity contribution in [3.05, 3.63) is 70.5 Å². The number of amides is 2. The Balaban J connectivity index is 2.05. The van der Waals surface area contributed by atoms with Crippen LogP contribution in [0.3, 0.4) is 0 Å². The molecule has 0 heterocycles. The van der Waals surface area contributed by atoms with Crippen molar-refractivity contribution in [3.63, 3.8) is 0 Å². The summed E-state index contributed by atoms with van der Waals surface area (Å²) in [4.78, 5) is 26.9. The number of hydrogen-bond acceptors (Lipinski definition) is 3. The number of hydrogen-bond donors (Lipinski definition) is 1. The van der Waals surface area contributed by atoms with Crippen molar-refractivity contribution in [2.75, 3.05) is 12.3 Å². The second-order valence-corrected chi connectivity index (χ2v) is 8.09. The van der Waals surface area contributed by atoms with Gasteiger partial charge in [-0.2, -0.15) is 0 Å². The van der Waals surface area contributed by atoms with E-state index in [0.717, 1.165) is 17.5 Å². The van der Waals surface area contributed by atoms with E-state index in [2.05, 4.69) is 5.32 Å². The fourth-order valence-corrected chi connectivity index (χ4v) is 3.91. The standard InChI is InChI=1S/C22H26ClFN2O2S/c1-3-12-25-22(28)16(2)26(13-17-8-10-19(24)11-9-17)21(27)15-29-14-18-6-4-5-7-20(18)23/h4-11,16H,3,12-15H2,1-2H3,(H,25,28)/t16-/m0/s1. The third-order valence-electron chi connectivity index (χ3n) is 4.42. The molecule has 0 fully saturated rings. The molecular formula is C22H26ClFN2O2S. The van der Waals surface area contributed by atoms with E-state index in [4.69, 9.17) is 11.6 Å². The minimum absolute atomic E-state index is 0.148. The number of halogens is 2. The number of carbonyl (C=O) groups excluding carboxylic acids is 2. The van der Waals surface area contributed by atoms with Crippen molar-refractivity contribution in [1.82, 2.24) is 10.2 Å². The van der Waals surface area contributed by atoms with Gasteiger partial charge in [-0.05, 0) is 42.7 Å². The number of nitrogens with one attached hydrogen (secondary N) is 1. The van der Waals surface area contributed by atoms with E-state index in [1.807, 2.05) is 31.2 Å². The Kier molecular flexibility index (Phi) is 9.48. The first kappa shape index (κ1) is 23.2. The molecule has 0 aliphatic carbocycles. The summed E-state index contributed by atoms with van der Waals surface area (Å²) in [7, 11) is 0. The second-order valence-electron chi connectivity index (χ2n) is 6.70. The van der Waals surface area contributed by atoms with Crippen LogP contribution < -0.4 is 5.32 Å². The van der Waals surface area contributed by atoms with Gasteiger partial charge in [0.25, 0.3) is 0 Å². The molecule has 0 radical (unpaired) electrons. The largest absolute Gasteiger partial charge is 0.354 e. The lowest BCUT2D eigenvalue weighted by atomic mass is 10.1. The smallest absolute Gasteiger partial charge is 0.242 e. The summed E-state index contributed by atoms with van der Waals surface area (Å²) in [6.45, 7) is 4.48. The molecule has 0 saturated carbocycles. The Labute approximate surface area is 180 Å². The van der Waals surface area contributed by atoms with Gasteiger partial charge in [0.05, 0.1) is 5.75 Å². The minimum Gasteiger partial charge on any atom is -0.354 e. The van der Waals surface area contributed by atoms with Crippen LogP contribution in [0.1, 0.15) is 31.4 Å². The summed E-state index contributed by atoms with van der Waals surface area (Å²) in [6.07, 6.45) is 0.818. The molecule has 7 heteroatoms. The van der Waals surface area contributed by atoms with Gasteiger partial charge in [0.2, 0.25) is 11.8 Å². The van der Waals surface area contributed by atoms with E-state index in [1.54, 1.807) is 19.1 Å². The van der Waals surface area contributed by atoms with E-state index in [1.165, 1.54) is 28.8 Å². The fraction of sp³-hybridized carbons (Fsp3) is 0.364. The van der Waals surface area contributed by atoms with E-state index >= 15 is 0 Å². The zero-order chi connectivity index (χ0) is 21.2. The van der Waals surface area contributed by atoms with Crippen molar-refractivity contribution in [1.29, 1.82) is 0 Å². The Morgan fingerprint density at radius 1 is 1.17 bits per heavy atom. The van der Waals surface area contributed by atoms with Crippen LogP contribution in [0.2, 0.25) is 5.02 Å². The highest BCUT2D eigenvalue weighted by Gasteiger charge is 2.25. The van der Waals surface area contributed by atoms with Crippen LogP contribution >= 0.6 is 23.4 Å². The van der Waals surface area contributed by atoms with Crippen molar-refractivity contribution < 1.29 is 14.0 Å². The third-order valence-corrected chi connectivity index (χ3v) is 5.76. The Morgan fingerprint density at radius 3 is 2.52 bits per heavy atom. The van der Waals surface area contributed by atoms with Crippen molar-refractivity contribution >= 4 is 35.2 Å². The number of carbonyl (C=O) groups is 2. The molecule has 1 N–H and O–H groups in total. The molecule has 29 heavy (non-hydrogen) atoms. The Hall–Kier alpha value is -2.05. The van der Waals surface area contributed by atoms with Crippen LogP contribution in [-0.4, -0.2) is 35.1 Å². The molecule has 0 bridgehead atoms. The summed E-state index contributed by atoms with van der Waals surface area (Å²) < 4.78 is 13.2. The number of thioether (sulfide) groups is 1. The van der Waals surface area contributed by atoms with E-state index < -0.39 is 6.04 Å². The molecule has 2 aromatic rings. The van der Waals surface area contributed by atoms with Gasteiger partial charge < -0.3 is 10.2 Å². The number of rotatable bonds is 10. The van der Waals surface area contributed by atoms with E-state index in [0.29, 0.717) is 17.3 Å². The van der Waals surface area contributed by atoms with Gasteiger partial charge in [-0.15, -0.1) is 11.8 Å². The van der Waals surface area contributed by atoms with Gasteiger partial charge in [-0.3, -0.25) is 9.59 Å². The molecule has 0 spiro atoms. The highest BCUT2D eigenvalue weighted by atomic mass is 35.5. The van der Waals surface area contributed by atoms with Gasteiger partial charge in [0, 0.05) is 23.9 Å². The van der Waals surface area contributed by atoms with Crippen LogP contribution in [0, 0.1) is 5.82 Å². The summed E-state index contributed by atoms with van der Waals surface area (Å²) in [5.41, 5.74) is 1.73. The van der Waals surface area contributed by atoms with Crippen LogP contribution in [0.5, 0.6) is 0 Å². The average molecular weight is 437 g/mol. The molecule has 156 valence electrons. The summed E-state index contributed by atoms with van der Waals surface area (Å²) in [6, 6.07) is 12.9. The molecule has 0 unspecified atom stereocenters. The summed E-state index contributed by atoms with van der Waals surface area (Å²) >= 11 is 7.62. The first-order valence-electron chi connectivity index (χ1n) is 9.55. The third kappa shape index (κ3) is 7.37. The van der Waals surface area contributed by atoms with Crippen LogP contribution in [0.4, 0.5) is 4.39 Å². The SMILES string of the molecule is CCCNC(=O)[C@H](C)N(Cc1ccc(F)cc1)C(=O)CSCc1ccccc1Cl. The molecule has 2 aromatic carbocycles.